The molecular formula is C17H14FN3O2S3. The molecule has 1 heterocycles. The van der Waals surface area contributed by atoms with Crippen molar-refractivity contribution in [3.63, 3.8) is 0 Å². The first-order chi connectivity index (χ1) is 12.5. The number of aromatic nitrogens is 2. The molecule has 1 N–H and O–H groups in total. The summed E-state index contributed by atoms with van der Waals surface area (Å²) >= 11 is 7.90. The van der Waals surface area contributed by atoms with Crippen LogP contribution in [0.5, 0.6) is 5.75 Å². The standard InChI is InChI=1S/C17H14FN3O2S3/c1-23-14-8-4-12(5-9-14)19-15(22)10-25-16-20-21(17(24)26-16)13-6-2-11(18)3-7-13/h2-9H,10H2,1H3,(H,19,22). The summed E-state index contributed by atoms with van der Waals surface area (Å²) in [6.07, 6.45) is 0. The number of rotatable bonds is 6. The topological polar surface area (TPSA) is 56.1 Å². The summed E-state index contributed by atoms with van der Waals surface area (Å²) in [6.45, 7) is 0. The number of hydrogen-bond donors (Lipinski definition) is 1. The van der Waals surface area contributed by atoms with Gasteiger partial charge in [-0.2, -0.15) is 0 Å². The van der Waals surface area contributed by atoms with Crippen molar-refractivity contribution in [1.29, 1.82) is 0 Å². The summed E-state index contributed by atoms with van der Waals surface area (Å²) in [5.41, 5.74) is 1.38. The quantitative estimate of drug-likeness (QED) is 0.480. The van der Waals surface area contributed by atoms with Crippen LogP contribution in [0.2, 0.25) is 0 Å². The third-order valence-electron chi connectivity index (χ3n) is 3.30. The molecule has 26 heavy (non-hydrogen) atoms. The van der Waals surface area contributed by atoms with E-state index in [4.69, 9.17) is 17.0 Å². The molecule has 0 spiro atoms. The van der Waals surface area contributed by atoms with Crippen LogP contribution < -0.4 is 10.1 Å². The molecule has 134 valence electrons. The fourth-order valence-electron chi connectivity index (χ4n) is 2.06. The molecule has 0 saturated heterocycles. The molecule has 0 atom stereocenters. The largest absolute Gasteiger partial charge is 0.497 e. The van der Waals surface area contributed by atoms with Crippen LogP contribution in [-0.4, -0.2) is 28.6 Å². The molecular weight excluding hydrogens is 393 g/mol. The van der Waals surface area contributed by atoms with E-state index >= 15 is 0 Å². The molecule has 0 saturated carbocycles. The number of nitrogens with zero attached hydrogens (tertiary/aromatic N) is 2. The summed E-state index contributed by atoms with van der Waals surface area (Å²) in [4.78, 5) is 12.1. The lowest BCUT2D eigenvalue weighted by Crippen LogP contribution is -2.13. The molecule has 0 aliphatic carbocycles. The number of anilines is 1. The zero-order valence-corrected chi connectivity index (χ0v) is 16.1. The molecule has 0 aliphatic heterocycles. The molecule has 1 amide bonds. The van der Waals surface area contributed by atoms with Crippen LogP contribution >= 0.6 is 35.3 Å². The van der Waals surface area contributed by atoms with Gasteiger partial charge in [0.1, 0.15) is 11.6 Å². The number of carbonyl (C=O) groups excluding carboxylic acids is 1. The van der Waals surface area contributed by atoms with E-state index < -0.39 is 0 Å². The zero-order chi connectivity index (χ0) is 18.5. The minimum Gasteiger partial charge on any atom is -0.497 e. The maximum absolute atomic E-state index is 13.0. The van der Waals surface area contributed by atoms with Gasteiger partial charge in [-0.15, -0.1) is 5.10 Å². The van der Waals surface area contributed by atoms with Gasteiger partial charge in [-0.05, 0) is 60.7 Å². The lowest BCUT2D eigenvalue weighted by atomic mass is 10.3. The van der Waals surface area contributed by atoms with E-state index in [-0.39, 0.29) is 17.5 Å². The lowest BCUT2D eigenvalue weighted by Gasteiger charge is -2.05. The maximum atomic E-state index is 13.0. The smallest absolute Gasteiger partial charge is 0.234 e. The molecule has 0 radical (unpaired) electrons. The number of benzene rings is 2. The van der Waals surface area contributed by atoms with Gasteiger partial charge in [-0.25, -0.2) is 9.07 Å². The van der Waals surface area contributed by atoms with Crippen LogP contribution in [0.3, 0.4) is 0 Å². The van der Waals surface area contributed by atoms with Gasteiger partial charge in [0.15, 0.2) is 8.29 Å². The number of hydrogen-bond acceptors (Lipinski definition) is 6. The van der Waals surface area contributed by atoms with Crippen LogP contribution in [-0.2, 0) is 4.79 Å². The second-order valence-corrected chi connectivity index (χ2v) is 7.93. The summed E-state index contributed by atoms with van der Waals surface area (Å²) in [7, 11) is 1.59. The fourth-order valence-corrected chi connectivity index (χ4v) is 4.22. The zero-order valence-electron chi connectivity index (χ0n) is 13.6. The second-order valence-electron chi connectivity index (χ2n) is 5.09. The monoisotopic (exact) mass is 407 g/mol. The molecule has 0 bridgehead atoms. The van der Waals surface area contributed by atoms with Crippen molar-refractivity contribution < 1.29 is 13.9 Å². The SMILES string of the molecule is COc1ccc(NC(=O)CSc2nn(-c3ccc(F)cc3)c(=S)s2)cc1. The van der Waals surface area contributed by atoms with Gasteiger partial charge in [-0.3, -0.25) is 4.79 Å². The molecule has 9 heteroatoms. The summed E-state index contributed by atoms with van der Waals surface area (Å²) in [6, 6.07) is 13.0. The average molecular weight is 408 g/mol. The van der Waals surface area contributed by atoms with Crippen LogP contribution in [0.4, 0.5) is 10.1 Å². The number of carbonyl (C=O) groups is 1. The molecule has 0 aliphatic rings. The van der Waals surface area contributed by atoms with Crippen molar-refractivity contribution in [3.8, 4) is 11.4 Å². The van der Waals surface area contributed by atoms with Crippen molar-refractivity contribution in [1.82, 2.24) is 9.78 Å². The second kappa shape index (κ2) is 8.43. The van der Waals surface area contributed by atoms with Gasteiger partial charge >= 0.3 is 0 Å². The highest BCUT2D eigenvalue weighted by atomic mass is 32.2. The molecule has 0 unspecified atom stereocenters. The highest BCUT2D eigenvalue weighted by Gasteiger charge is 2.10. The Labute approximate surface area is 162 Å². The third-order valence-corrected chi connectivity index (χ3v) is 5.67. The Morgan fingerprint density at radius 1 is 1.27 bits per heavy atom. The van der Waals surface area contributed by atoms with Gasteiger partial charge in [0.2, 0.25) is 5.91 Å². The Kier molecular flexibility index (Phi) is 6.02. The fraction of sp³-hybridized carbons (Fsp3) is 0.118. The van der Waals surface area contributed by atoms with E-state index in [1.807, 2.05) is 0 Å². The number of amides is 1. The van der Waals surface area contributed by atoms with E-state index in [1.165, 1.54) is 35.2 Å². The summed E-state index contributed by atoms with van der Waals surface area (Å²) in [5.74, 6) is 0.468. The van der Waals surface area contributed by atoms with Gasteiger partial charge in [0, 0.05) is 5.69 Å². The van der Waals surface area contributed by atoms with Crippen LogP contribution in [0, 0.1) is 9.77 Å². The predicted molar refractivity (Wildman–Crippen MR) is 105 cm³/mol. The lowest BCUT2D eigenvalue weighted by molar-refractivity contribution is -0.113. The Morgan fingerprint density at radius 3 is 2.62 bits per heavy atom. The van der Waals surface area contributed by atoms with Crippen molar-refractivity contribution in [3.05, 3.63) is 58.3 Å². The highest BCUT2D eigenvalue weighted by molar-refractivity contribution is 8.01. The number of nitrogens with one attached hydrogen (secondary N) is 1. The first-order valence-corrected chi connectivity index (χ1v) is 9.69. The van der Waals surface area contributed by atoms with Gasteiger partial charge in [-0.1, -0.05) is 23.1 Å². The van der Waals surface area contributed by atoms with Gasteiger partial charge < -0.3 is 10.1 Å². The van der Waals surface area contributed by atoms with Crippen LogP contribution in [0.1, 0.15) is 0 Å². The number of halogens is 1. The van der Waals surface area contributed by atoms with E-state index in [0.717, 1.165) is 5.75 Å². The molecule has 0 fully saturated rings. The van der Waals surface area contributed by atoms with Crippen LogP contribution in [0.25, 0.3) is 5.69 Å². The minimum absolute atomic E-state index is 0.144. The summed E-state index contributed by atoms with van der Waals surface area (Å²) < 4.78 is 20.9. The molecule has 3 aromatic rings. The van der Waals surface area contributed by atoms with Crippen molar-refractivity contribution in [2.75, 3.05) is 18.2 Å². The predicted octanol–water partition coefficient (Wildman–Crippen LogP) is 4.54. The van der Waals surface area contributed by atoms with Crippen LogP contribution in [0.15, 0.2) is 52.9 Å². The van der Waals surface area contributed by atoms with E-state index in [2.05, 4.69) is 10.4 Å². The Balaban J connectivity index is 1.60. The molecule has 2 aromatic carbocycles. The first-order valence-electron chi connectivity index (χ1n) is 7.48. The minimum atomic E-state index is -0.319. The Bertz CT molecular complexity index is 953. The average Bonchev–Trinajstić information content (AvgIpc) is 3.02. The first kappa shape index (κ1) is 18.6. The van der Waals surface area contributed by atoms with Gasteiger partial charge in [0.05, 0.1) is 18.6 Å². The van der Waals surface area contributed by atoms with Crippen molar-refractivity contribution in [2.45, 2.75) is 4.34 Å². The Hall–Kier alpha value is -2.23. The molecule has 5 nitrogen and oxygen atoms in total. The van der Waals surface area contributed by atoms with E-state index in [0.29, 0.717) is 19.7 Å². The Morgan fingerprint density at radius 2 is 1.96 bits per heavy atom. The van der Waals surface area contributed by atoms with E-state index in [9.17, 15) is 9.18 Å². The van der Waals surface area contributed by atoms with E-state index in [1.54, 1.807) is 48.2 Å². The number of ether oxygens (including phenoxy) is 1. The number of methoxy groups -OCH3 is 1. The highest BCUT2D eigenvalue weighted by Crippen LogP contribution is 2.24. The van der Waals surface area contributed by atoms with Crippen molar-refractivity contribution >= 4 is 46.9 Å². The van der Waals surface area contributed by atoms with Crippen molar-refractivity contribution in [2.24, 2.45) is 0 Å². The maximum Gasteiger partial charge on any atom is 0.234 e. The van der Waals surface area contributed by atoms with Gasteiger partial charge in [0.25, 0.3) is 0 Å². The normalized spacial score (nSPS) is 10.5. The summed E-state index contributed by atoms with van der Waals surface area (Å²) in [5, 5.41) is 7.20. The third kappa shape index (κ3) is 4.69. The molecule has 3 rings (SSSR count). The number of thioether (sulfide) groups is 1. The molecule has 1 aromatic heterocycles.